The van der Waals surface area contributed by atoms with Crippen LogP contribution >= 0.6 is 0 Å². The van der Waals surface area contributed by atoms with E-state index in [9.17, 15) is 26.3 Å². The van der Waals surface area contributed by atoms with Crippen molar-refractivity contribution in [2.24, 2.45) is 5.41 Å². The van der Waals surface area contributed by atoms with Gasteiger partial charge in [-0.05, 0) is 52.4 Å². The van der Waals surface area contributed by atoms with E-state index in [0.717, 1.165) is 12.4 Å². The normalized spacial score (nSPS) is 17.4. The van der Waals surface area contributed by atoms with Crippen molar-refractivity contribution in [3.8, 4) is 0 Å². The molecule has 1 fully saturated rings. The van der Waals surface area contributed by atoms with Crippen LogP contribution in [0.5, 0.6) is 0 Å². The third-order valence-corrected chi connectivity index (χ3v) is 7.49. The first-order chi connectivity index (χ1) is 19.1. The molecule has 0 spiro atoms. The molecule has 2 aromatic rings. The van der Waals surface area contributed by atoms with E-state index in [1.54, 1.807) is 12.2 Å². The van der Waals surface area contributed by atoms with E-state index in [1.165, 1.54) is 0 Å². The van der Waals surface area contributed by atoms with Crippen LogP contribution in [0.15, 0.2) is 23.8 Å². The highest BCUT2D eigenvalue weighted by Gasteiger charge is 2.44. The first kappa shape index (κ1) is 33.6. The molecule has 42 heavy (non-hydrogen) atoms. The lowest BCUT2D eigenvalue weighted by atomic mass is 9.39. The summed E-state index contributed by atoms with van der Waals surface area (Å²) < 4.78 is 146. The van der Waals surface area contributed by atoms with Crippen LogP contribution in [-0.4, -0.2) is 22.7 Å². The SMILES string of the molecule is CC(C)(C)/C=C/C/C(=C\B(c1c(F)c(F)c(F)c(F)c1F)c1c(F)c(F)c(F)c(F)c1F)N1C(C)(C)CCCC1(C)C. The summed E-state index contributed by atoms with van der Waals surface area (Å²) in [5.41, 5.74) is -5.12. The summed E-state index contributed by atoms with van der Waals surface area (Å²) in [5, 5.41) is 0. The smallest absolute Gasteiger partial charge is 0.251 e. The molecule has 1 nitrogen and oxygen atoms in total. The molecular weight excluding hydrogens is 575 g/mol. The lowest BCUT2D eigenvalue weighted by Crippen LogP contribution is -2.58. The second kappa shape index (κ2) is 11.6. The van der Waals surface area contributed by atoms with Gasteiger partial charge in [0.1, 0.15) is 0 Å². The highest BCUT2D eigenvalue weighted by Crippen LogP contribution is 2.42. The molecule has 0 bridgehead atoms. The van der Waals surface area contributed by atoms with Gasteiger partial charge in [-0.3, -0.25) is 0 Å². The molecule has 0 amide bonds. The molecule has 230 valence electrons. The van der Waals surface area contributed by atoms with E-state index in [2.05, 4.69) is 0 Å². The Morgan fingerprint density at radius 3 is 1.31 bits per heavy atom. The maximum absolute atomic E-state index is 15.2. The zero-order chi connectivity index (χ0) is 32.1. The van der Waals surface area contributed by atoms with Gasteiger partial charge in [0, 0.05) is 34.1 Å². The van der Waals surface area contributed by atoms with E-state index in [-0.39, 0.29) is 17.5 Å². The Balaban J connectivity index is 2.52. The van der Waals surface area contributed by atoms with E-state index < -0.39 is 86.9 Å². The fraction of sp³-hybridized carbons (Fsp3) is 0.467. The minimum absolute atomic E-state index is 0.0641. The van der Waals surface area contributed by atoms with Crippen molar-refractivity contribution in [2.45, 2.75) is 85.2 Å². The summed E-state index contributed by atoms with van der Waals surface area (Å²) >= 11 is 0. The van der Waals surface area contributed by atoms with E-state index in [4.69, 9.17) is 0 Å². The predicted octanol–water partition coefficient (Wildman–Crippen LogP) is 8.15. The Hall–Kier alpha value is -2.92. The Kier molecular flexibility index (Phi) is 9.31. The van der Waals surface area contributed by atoms with Crippen molar-refractivity contribution in [1.29, 1.82) is 0 Å². The molecule has 0 unspecified atom stereocenters. The van der Waals surface area contributed by atoms with Gasteiger partial charge in [0.15, 0.2) is 58.2 Å². The number of likely N-dealkylation sites (tertiary alicyclic amines) is 1. The standard InChI is InChI=1S/C30H32BF10N/c1-28(2,3)11-8-10-15(42-29(4,5)12-9-13-30(42,6)7)14-31(16-18(32)22(36)26(40)23(37)19(16)33)17-20(34)24(38)27(41)25(39)21(17)35/h8,11,14H,9-10,12-13H2,1-7H3/b11-8+,15-14+. The summed E-state index contributed by atoms with van der Waals surface area (Å²) in [6.45, 7) is 10.3. The number of hydrogen-bond donors (Lipinski definition) is 0. The van der Waals surface area contributed by atoms with Gasteiger partial charge >= 0.3 is 0 Å². The highest BCUT2D eigenvalue weighted by atomic mass is 19.2. The fourth-order valence-corrected chi connectivity index (χ4v) is 5.83. The largest absolute Gasteiger partial charge is 0.365 e. The van der Waals surface area contributed by atoms with E-state index in [0.29, 0.717) is 12.8 Å². The van der Waals surface area contributed by atoms with Crippen LogP contribution in [0, 0.1) is 63.6 Å². The average molecular weight is 607 g/mol. The zero-order valence-corrected chi connectivity index (χ0v) is 24.4. The molecular formula is C30H32BF10N. The second-order valence-corrected chi connectivity index (χ2v) is 12.9. The predicted molar refractivity (Wildman–Crippen MR) is 143 cm³/mol. The van der Waals surface area contributed by atoms with Gasteiger partial charge in [-0.2, -0.15) is 0 Å². The van der Waals surface area contributed by atoms with Crippen molar-refractivity contribution in [3.63, 3.8) is 0 Å². The number of nitrogens with zero attached hydrogens (tertiary/aromatic N) is 1. The van der Waals surface area contributed by atoms with Gasteiger partial charge in [0.05, 0.1) is 0 Å². The monoisotopic (exact) mass is 607 g/mol. The summed E-state index contributed by atoms with van der Waals surface area (Å²) in [7, 11) is 0. The van der Waals surface area contributed by atoms with Crippen molar-refractivity contribution < 1.29 is 43.9 Å². The Labute approximate surface area is 239 Å². The van der Waals surface area contributed by atoms with E-state index >= 15 is 17.6 Å². The summed E-state index contributed by atoms with van der Waals surface area (Å²) in [5.74, 6) is -23.8. The van der Waals surface area contributed by atoms with Gasteiger partial charge in [-0.1, -0.05) is 38.9 Å². The average Bonchev–Trinajstić information content (AvgIpc) is 2.86. The van der Waals surface area contributed by atoms with Crippen molar-refractivity contribution in [3.05, 3.63) is 82.0 Å². The number of allylic oxidation sites excluding steroid dienone is 2. The molecule has 0 saturated carbocycles. The molecule has 1 saturated heterocycles. The van der Waals surface area contributed by atoms with Crippen molar-refractivity contribution in [1.82, 2.24) is 4.90 Å². The Bertz CT molecular complexity index is 1300. The molecule has 2 aromatic carbocycles. The second-order valence-electron chi connectivity index (χ2n) is 12.9. The number of benzene rings is 2. The van der Waals surface area contributed by atoms with Crippen LogP contribution in [-0.2, 0) is 0 Å². The quantitative estimate of drug-likeness (QED) is 0.105. The molecule has 12 heteroatoms. The van der Waals surface area contributed by atoms with Gasteiger partial charge < -0.3 is 4.90 Å². The van der Waals surface area contributed by atoms with Crippen LogP contribution < -0.4 is 10.9 Å². The van der Waals surface area contributed by atoms with Crippen LogP contribution in [0.4, 0.5) is 43.9 Å². The maximum Gasteiger partial charge on any atom is 0.251 e. The van der Waals surface area contributed by atoms with Crippen LogP contribution in [0.3, 0.4) is 0 Å². The summed E-state index contributed by atoms with van der Waals surface area (Å²) in [4.78, 5) is 1.81. The molecule has 0 radical (unpaired) electrons. The molecule has 3 rings (SSSR count). The van der Waals surface area contributed by atoms with Gasteiger partial charge in [0.2, 0.25) is 0 Å². The van der Waals surface area contributed by atoms with Gasteiger partial charge in [-0.15, -0.1) is 0 Å². The van der Waals surface area contributed by atoms with Crippen LogP contribution in [0.2, 0.25) is 0 Å². The number of rotatable bonds is 6. The third-order valence-electron chi connectivity index (χ3n) is 7.49. The molecule has 1 heterocycles. The zero-order valence-electron chi connectivity index (χ0n) is 24.4. The fourth-order valence-electron chi connectivity index (χ4n) is 5.83. The van der Waals surface area contributed by atoms with Crippen LogP contribution in [0.25, 0.3) is 0 Å². The molecule has 0 aliphatic carbocycles. The highest BCUT2D eigenvalue weighted by molar-refractivity contribution is 6.89. The Morgan fingerprint density at radius 1 is 0.643 bits per heavy atom. The number of hydrogen-bond acceptors (Lipinski definition) is 1. The lowest BCUT2D eigenvalue weighted by molar-refractivity contribution is 0.00443. The molecule has 1 aliphatic heterocycles. The van der Waals surface area contributed by atoms with Gasteiger partial charge in [-0.25, -0.2) is 43.9 Å². The molecule has 1 aliphatic rings. The minimum Gasteiger partial charge on any atom is -0.365 e. The molecule has 0 aromatic heterocycles. The third kappa shape index (κ3) is 6.22. The summed E-state index contributed by atoms with van der Waals surface area (Å²) in [6, 6.07) is 0. The van der Waals surface area contributed by atoms with Crippen molar-refractivity contribution in [2.75, 3.05) is 0 Å². The minimum atomic E-state index is -2.61. The molecule has 0 atom stereocenters. The summed E-state index contributed by atoms with van der Waals surface area (Å²) in [6.07, 6.45) is 5.31. The van der Waals surface area contributed by atoms with Gasteiger partial charge in [0.25, 0.3) is 6.71 Å². The van der Waals surface area contributed by atoms with Crippen LogP contribution in [0.1, 0.15) is 74.1 Å². The Morgan fingerprint density at radius 2 is 0.976 bits per heavy atom. The topological polar surface area (TPSA) is 3.24 Å². The first-order valence-electron chi connectivity index (χ1n) is 13.4. The maximum atomic E-state index is 15.2. The number of halogens is 10. The molecule has 0 N–H and O–H groups in total. The first-order valence-corrected chi connectivity index (χ1v) is 13.4. The van der Waals surface area contributed by atoms with Crippen molar-refractivity contribution >= 4 is 17.6 Å². The lowest BCUT2D eigenvalue weighted by Gasteiger charge is -2.55. The number of piperidine rings is 1. The van der Waals surface area contributed by atoms with E-state index in [1.807, 2.05) is 53.4 Å².